The molecule has 0 rings (SSSR count). The summed E-state index contributed by atoms with van der Waals surface area (Å²) in [6.07, 6.45) is 68.3. The van der Waals surface area contributed by atoms with Crippen LogP contribution in [0.4, 0.5) is 0 Å². The van der Waals surface area contributed by atoms with Crippen LogP contribution < -0.4 is 0 Å². The highest BCUT2D eigenvalue weighted by atomic mass is 16.6. The Morgan fingerprint density at radius 1 is 0.312 bits per heavy atom. The maximum atomic E-state index is 12.8. The minimum Gasteiger partial charge on any atom is -0.462 e. The van der Waals surface area contributed by atoms with Gasteiger partial charge in [0.05, 0.1) is 0 Å². The minimum atomic E-state index is -0.829. The Labute approximate surface area is 394 Å². The summed E-state index contributed by atoms with van der Waals surface area (Å²) in [4.78, 5) is 37.9. The van der Waals surface area contributed by atoms with Gasteiger partial charge in [-0.3, -0.25) is 14.4 Å². The van der Waals surface area contributed by atoms with Crippen molar-refractivity contribution in [2.45, 2.75) is 239 Å². The predicted molar refractivity (Wildman–Crippen MR) is 274 cm³/mol. The Balaban J connectivity index is 4.57. The molecule has 6 nitrogen and oxygen atoms in total. The quantitative estimate of drug-likeness (QED) is 0.0262. The zero-order valence-electron chi connectivity index (χ0n) is 41.5. The van der Waals surface area contributed by atoms with Gasteiger partial charge in [-0.15, -0.1) is 0 Å². The Hall–Kier alpha value is -3.67. The topological polar surface area (TPSA) is 78.9 Å². The molecule has 0 spiro atoms. The van der Waals surface area contributed by atoms with E-state index in [1.165, 1.54) is 103 Å². The van der Waals surface area contributed by atoms with E-state index in [-0.39, 0.29) is 44.0 Å². The molecule has 0 aliphatic carbocycles. The van der Waals surface area contributed by atoms with Crippen LogP contribution in [0.15, 0.2) is 97.2 Å². The van der Waals surface area contributed by atoms with Gasteiger partial charge in [-0.05, 0) is 116 Å². The summed E-state index contributed by atoms with van der Waals surface area (Å²) in [6.45, 7) is 6.47. The fraction of sp³-hybridized carbons (Fsp3) is 0.672. The van der Waals surface area contributed by atoms with Crippen molar-refractivity contribution in [3.05, 3.63) is 97.2 Å². The van der Waals surface area contributed by atoms with Crippen molar-refractivity contribution < 1.29 is 28.6 Å². The summed E-state index contributed by atoms with van der Waals surface area (Å²) in [5.74, 6) is -1.04. The molecule has 0 saturated heterocycles. The molecule has 364 valence electrons. The van der Waals surface area contributed by atoms with E-state index in [0.29, 0.717) is 19.3 Å². The van der Waals surface area contributed by atoms with Gasteiger partial charge in [0.1, 0.15) is 13.2 Å². The maximum Gasteiger partial charge on any atom is 0.306 e. The third-order valence-corrected chi connectivity index (χ3v) is 10.8. The number of unbranched alkanes of at least 4 members (excludes halogenated alkanes) is 19. The molecule has 0 aromatic rings. The van der Waals surface area contributed by atoms with Gasteiger partial charge in [-0.2, -0.15) is 0 Å². The van der Waals surface area contributed by atoms with E-state index in [9.17, 15) is 14.4 Å². The molecule has 1 atom stereocenters. The summed E-state index contributed by atoms with van der Waals surface area (Å²) < 4.78 is 16.7. The Morgan fingerprint density at radius 2 is 0.578 bits per heavy atom. The maximum absolute atomic E-state index is 12.8. The zero-order valence-corrected chi connectivity index (χ0v) is 41.5. The summed E-state index contributed by atoms with van der Waals surface area (Å²) >= 11 is 0. The van der Waals surface area contributed by atoms with Crippen LogP contribution in [0.1, 0.15) is 233 Å². The van der Waals surface area contributed by atoms with Crippen LogP contribution in [0.2, 0.25) is 0 Å². The smallest absolute Gasteiger partial charge is 0.306 e. The Bertz CT molecular complexity index is 1300. The summed E-state index contributed by atoms with van der Waals surface area (Å²) in [5, 5.41) is 0. The van der Waals surface area contributed by atoms with Crippen LogP contribution in [0.25, 0.3) is 0 Å². The molecule has 0 heterocycles. The fourth-order valence-corrected chi connectivity index (χ4v) is 6.80. The molecule has 0 aromatic carbocycles. The number of allylic oxidation sites excluding steroid dienone is 16. The zero-order chi connectivity index (χ0) is 46.5. The highest BCUT2D eigenvalue weighted by Crippen LogP contribution is 2.12. The van der Waals surface area contributed by atoms with E-state index in [0.717, 1.165) is 77.0 Å². The lowest BCUT2D eigenvalue weighted by Gasteiger charge is -2.18. The first-order valence-corrected chi connectivity index (χ1v) is 26.2. The second kappa shape index (κ2) is 52.0. The summed E-state index contributed by atoms with van der Waals surface area (Å²) in [6, 6.07) is 0. The molecule has 1 unspecified atom stereocenters. The molecular weight excluding hydrogens is 793 g/mol. The fourth-order valence-electron chi connectivity index (χ4n) is 6.80. The van der Waals surface area contributed by atoms with Crippen LogP contribution in [-0.4, -0.2) is 37.2 Å². The lowest BCUT2D eigenvalue weighted by atomic mass is 10.1. The largest absolute Gasteiger partial charge is 0.462 e. The SMILES string of the molecule is CCCCC/C=C\C/C=C\C/C=C\C/C=C\CCCC(=O)OCC(COC(=O)CCCCCCC/C=C\CCCCC)OC(=O)CCC/C=C\C/C=C\C/C=C\CCCCCCCC. The van der Waals surface area contributed by atoms with Crippen LogP contribution in [-0.2, 0) is 28.6 Å². The Morgan fingerprint density at radius 3 is 0.984 bits per heavy atom. The number of hydrogen-bond donors (Lipinski definition) is 0. The van der Waals surface area contributed by atoms with Gasteiger partial charge >= 0.3 is 17.9 Å². The number of hydrogen-bond acceptors (Lipinski definition) is 6. The summed E-state index contributed by atoms with van der Waals surface area (Å²) in [7, 11) is 0. The van der Waals surface area contributed by atoms with Crippen molar-refractivity contribution >= 4 is 17.9 Å². The minimum absolute atomic E-state index is 0.120. The van der Waals surface area contributed by atoms with Gasteiger partial charge in [0.2, 0.25) is 0 Å². The molecule has 0 aliphatic heterocycles. The van der Waals surface area contributed by atoms with Crippen molar-refractivity contribution in [2.24, 2.45) is 0 Å². The van der Waals surface area contributed by atoms with Gasteiger partial charge in [0, 0.05) is 19.3 Å². The average molecular weight is 889 g/mol. The van der Waals surface area contributed by atoms with E-state index in [2.05, 4.69) is 118 Å². The standard InChI is InChI=1S/C58H96O6/c1-4-7-10-13-16-19-22-25-27-29-31-33-36-39-42-45-48-51-57(60)63-54-55(53-62-56(59)50-47-44-41-38-35-24-21-18-15-12-9-6-3)64-58(61)52-49-46-43-40-37-34-32-30-28-26-23-20-17-14-11-8-5-2/h16,18-19,21,25-28,31-34,39-40,42-43,55H,4-15,17,20,22-24,29-30,35-38,41,44-54H2,1-3H3/b19-16-,21-18-,27-25-,28-26-,33-31-,34-32-,42-39-,43-40-. The van der Waals surface area contributed by atoms with Crippen molar-refractivity contribution in [1.29, 1.82) is 0 Å². The molecule has 0 fully saturated rings. The number of esters is 3. The predicted octanol–water partition coefficient (Wildman–Crippen LogP) is 17.4. The second-order valence-corrected chi connectivity index (χ2v) is 17.1. The van der Waals surface area contributed by atoms with Crippen LogP contribution in [0, 0.1) is 0 Å². The van der Waals surface area contributed by atoms with Crippen LogP contribution in [0.5, 0.6) is 0 Å². The number of carbonyl (C=O) groups is 3. The van der Waals surface area contributed by atoms with Gasteiger partial charge in [-0.25, -0.2) is 0 Å². The normalized spacial score (nSPS) is 12.9. The van der Waals surface area contributed by atoms with E-state index >= 15 is 0 Å². The molecule has 0 aromatic heterocycles. The number of rotatable bonds is 46. The van der Waals surface area contributed by atoms with Gasteiger partial charge in [0.25, 0.3) is 0 Å². The first kappa shape index (κ1) is 60.3. The lowest BCUT2D eigenvalue weighted by molar-refractivity contribution is -0.167. The summed E-state index contributed by atoms with van der Waals surface area (Å²) in [5.41, 5.74) is 0. The molecule has 0 saturated carbocycles. The third-order valence-electron chi connectivity index (χ3n) is 10.8. The molecule has 0 N–H and O–H groups in total. The molecule has 0 amide bonds. The Kier molecular flexibility index (Phi) is 49.0. The van der Waals surface area contributed by atoms with Crippen LogP contribution in [0.3, 0.4) is 0 Å². The molecule has 0 aliphatic rings. The van der Waals surface area contributed by atoms with E-state index in [1.807, 2.05) is 0 Å². The number of carbonyl (C=O) groups excluding carboxylic acids is 3. The second-order valence-electron chi connectivity index (χ2n) is 17.1. The van der Waals surface area contributed by atoms with Gasteiger partial charge in [-0.1, -0.05) is 195 Å². The molecule has 0 bridgehead atoms. The van der Waals surface area contributed by atoms with Crippen molar-refractivity contribution in [2.75, 3.05) is 13.2 Å². The molecule has 6 heteroatoms. The highest BCUT2D eigenvalue weighted by Gasteiger charge is 2.19. The van der Waals surface area contributed by atoms with Gasteiger partial charge < -0.3 is 14.2 Å². The highest BCUT2D eigenvalue weighted by molar-refractivity contribution is 5.71. The third kappa shape index (κ3) is 49.3. The first-order valence-electron chi connectivity index (χ1n) is 26.2. The van der Waals surface area contributed by atoms with Crippen molar-refractivity contribution in [1.82, 2.24) is 0 Å². The lowest BCUT2D eigenvalue weighted by Crippen LogP contribution is -2.30. The molecular formula is C58H96O6. The van der Waals surface area contributed by atoms with Gasteiger partial charge in [0.15, 0.2) is 6.10 Å². The van der Waals surface area contributed by atoms with Crippen LogP contribution >= 0.6 is 0 Å². The average Bonchev–Trinajstić information content (AvgIpc) is 3.29. The van der Waals surface area contributed by atoms with E-state index in [1.54, 1.807) is 0 Å². The van der Waals surface area contributed by atoms with E-state index < -0.39 is 6.10 Å². The van der Waals surface area contributed by atoms with E-state index in [4.69, 9.17) is 14.2 Å². The molecule has 0 radical (unpaired) electrons. The van der Waals surface area contributed by atoms with Crippen molar-refractivity contribution in [3.8, 4) is 0 Å². The van der Waals surface area contributed by atoms with Crippen molar-refractivity contribution in [3.63, 3.8) is 0 Å². The molecule has 64 heavy (non-hydrogen) atoms. The first-order chi connectivity index (χ1) is 31.5. The number of ether oxygens (including phenoxy) is 3. The monoisotopic (exact) mass is 889 g/mol.